The molecule has 0 saturated carbocycles. The van der Waals surface area contributed by atoms with Crippen molar-refractivity contribution in [1.29, 1.82) is 0 Å². The standard InChI is InChI=1S/C23H26N2O7/c1-12-20-17(9-10-24-12)16-7-5-6-8-18(16)25(20)23-22(32-15(4)28)21(31-14(3)27)19(11-29-23)30-13(2)26/h5-8,19,21-23H,9-11H2,1-4H3/t19-,21-,22+,23+/m0/s1. The Balaban J connectivity index is 1.87. The second-order valence-electron chi connectivity index (χ2n) is 7.95. The number of ether oxygens (including phenoxy) is 4. The van der Waals surface area contributed by atoms with E-state index >= 15 is 0 Å². The highest BCUT2D eigenvalue weighted by Gasteiger charge is 2.48. The first-order valence-corrected chi connectivity index (χ1v) is 10.5. The van der Waals surface area contributed by atoms with Gasteiger partial charge in [-0.1, -0.05) is 18.2 Å². The summed E-state index contributed by atoms with van der Waals surface area (Å²) in [7, 11) is 0. The highest BCUT2D eigenvalue weighted by atomic mass is 16.6. The average molecular weight is 442 g/mol. The molecule has 0 radical (unpaired) electrons. The van der Waals surface area contributed by atoms with Crippen LogP contribution in [0.25, 0.3) is 10.9 Å². The van der Waals surface area contributed by atoms with Crippen LogP contribution < -0.4 is 0 Å². The van der Waals surface area contributed by atoms with E-state index in [2.05, 4.69) is 4.99 Å². The van der Waals surface area contributed by atoms with Crippen LogP contribution >= 0.6 is 0 Å². The maximum absolute atomic E-state index is 12.0. The topological polar surface area (TPSA) is 105 Å². The largest absolute Gasteiger partial charge is 0.456 e. The molecule has 0 spiro atoms. The summed E-state index contributed by atoms with van der Waals surface area (Å²) in [6, 6.07) is 7.90. The zero-order valence-corrected chi connectivity index (χ0v) is 18.5. The predicted octanol–water partition coefficient (Wildman–Crippen LogP) is 2.33. The highest BCUT2D eigenvalue weighted by molar-refractivity contribution is 6.05. The Labute approximate surface area is 185 Å². The summed E-state index contributed by atoms with van der Waals surface area (Å²) in [5.74, 6) is -1.70. The molecule has 3 heterocycles. The molecule has 2 aromatic rings. The third-order valence-electron chi connectivity index (χ3n) is 5.65. The summed E-state index contributed by atoms with van der Waals surface area (Å²) in [5, 5.41) is 1.06. The number of aromatic nitrogens is 1. The van der Waals surface area contributed by atoms with Gasteiger partial charge >= 0.3 is 17.9 Å². The molecule has 2 aliphatic rings. The molecule has 2 aliphatic heterocycles. The average Bonchev–Trinajstić information content (AvgIpc) is 3.05. The number of carbonyl (C=O) groups is 3. The molecule has 1 saturated heterocycles. The van der Waals surface area contributed by atoms with E-state index in [-0.39, 0.29) is 6.61 Å². The molecule has 4 rings (SSSR count). The second kappa shape index (κ2) is 8.74. The van der Waals surface area contributed by atoms with Crippen LogP contribution in [0.2, 0.25) is 0 Å². The van der Waals surface area contributed by atoms with Crippen molar-refractivity contribution in [3.63, 3.8) is 0 Å². The Morgan fingerprint density at radius 3 is 2.34 bits per heavy atom. The number of rotatable bonds is 4. The monoisotopic (exact) mass is 442 g/mol. The lowest BCUT2D eigenvalue weighted by atomic mass is 10.0. The number of hydrogen-bond donors (Lipinski definition) is 0. The van der Waals surface area contributed by atoms with Crippen molar-refractivity contribution in [2.24, 2.45) is 4.99 Å². The van der Waals surface area contributed by atoms with Crippen molar-refractivity contribution in [3.8, 4) is 0 Å². The van der Waals surface area contributed by atoms with Gasteiger partial charge < -0.3 is 23.5 Å². The van der Waals surface area contributed by atoms with Gasteiger partial charge in [-0.2, -0.15) is 0 Å². The third-order valence-corrected chi connectivity index (χ3v) is 5.65. The van der Waals surface area contributed by atoms with E-state index in [9.17, 15) is 14.4 Å². The molecular formula is C23H26N2O7. The number of aliphatic imine (C=N–C) groups is 1. The van der Waals surface area contributed by atoms with Crippen molar-refractivity contribution in [3.05, 3.63) is 35.5 Å². The van der Waals surface area contributed by atoms with E-state index in [0.29, 0.717) is 6.54 Å². The molecule has 1 aromatic carbocycles. The minimum atomic E-state index is -1.04. The lowest BCUT2D eigenvalue weighted by molar-refractivity contribution is -0.239. The molecule has 0 amide bonds. The fraction of sp³-hybridized carbons (Fsp3) is 0.478. The van der Waals surface area contributed by atoms with Gasteiger partial charge in [0, 0.05) is 32.7 Å². The minimum Gasteiger partial charge on any atom is -0.456 e. The normalized spacial score (nSPS) is 24.9. The van der Waals surface area contributed by atoms with Crippen molar-refractivity contribution >= 4 is 34.5 Å². The van der Waals surface area contributed by atoms with Crippen LogP contribution in [0.5, 0.6) is 0 Å². The minimum absolute atomic E-state index is 0.0303. The summed E-state index contributed by atoms with van der Waals surface area (Å²) in [4.78, 5) is 40.2. The lowest BCUT2D eigenvalue weighted by Crippen LogP contribution is -2.55. The van der Waals surface area contributed by atoms with Gasteiger partial charge in [0.15, 0.2) is 24.5 Å². The SMILES string of the molecule is CC(=O)O[C@@H]1[C@@H](OC(C)=O)[C@H](n2c3c(c4ccccc42)CCN=C3C)OC[C@@H]1OC(C)=O. The number of nitrogens with zero attached hydrogens (tertiary/aromatic N) is 2. The van der Waals surface area contributed by atoms with Crippen LogP contribution in [-0.4, -0.2) is 59.7 Å². The number of benzene rings is 1. The third kappa shape index (κ3) is 4.00. The zero-order valence-electron chi connectivity index (χ0n) is 18.5. The number of esters is 3. The van der Waals surface area contributed by atoms with Crippen LogP contribution in [0.15, 0.2) is 29.3 Å². The van der Waals surface area contributed by atoms with Crippen LogP contribution in [0.1, 0.15) is 45.2 Å². The quantitative estimate of drug-likeness (QED) is 0.529. The van der Waals surface area contributed by atoms with E-state index in [1.54, 1.807) is 0 Å². The summed E-state index contributed by atoms with van der Waals surface area (Å²) in [6.45, 7) is 6.38. The summed E-state index contributed by atoms with van der Waals surface area (Å²) >= 11 is 0. The van der Waals surface area contributed by atoms with E-state index in [1.807, 2.05) is 35.8 Å². The molecular weight excluding hydrogens is 416 g/mol. The molecule has 0 aliphatic carbocycles. The molecule has 0 unspecified atom stereocenters. The van der Waals surface area contributed by atoms with Gasteiger partial charge in [0.1, 0.15) is 0 Å². The Morgan fingerprint density at radius 1 is 1.00 bits per heavy atom. The van der Waals surface area contributed by atoms with Gasteiger partial charge in [0.25, 0.3) is 0 Å². The number of fused-ring (bicyclic) bond motifs is 3. The lowest BCUT2D eigenvalue weighted by Gasteiger charge is -2.41. The maximum Gasteiger partial charge on any atom is 0.303 e. The van der Waals surface area contributed by atoms with Crippen molar-refractivity contribution in [2.45, 2.75) is 58.7 Å². The Hall–Kier alpha value is -3.20. The van der Waals surface area contributed by atoms with Gasteiger partial charge in [0.2, 0.25) is 0 Å². The molecule has 9 nitrogen and oxygen atoms in total. The first-order valence-electron chi connectivity index (χ1n) is 10.5. The molecule has 4 atom stereocenters. The van der Waals surface area contributed by atoms with E-state index in [0.717, 1.165) is 34.3 Å². The van der Waals surface area contributed by atoms with Crippen LogP contribution in [0.3, 0.4) is 0 Å². The summed E-state index contributed by atoms with van der Waals surface area (Å²) < 4.78 is 24.6. The van der Waals surface area contributed by atoms with E-state index in [1.165, 1.54) is 20.8 Å². The van der Waals surface area contributed by atoms with Crippen LogP contribution in [0, 0.1) is 0 Å². The Bertz CT molecular complexity index is 1100. The fourth-order valence-electron chi connectivity index (χ4n) is 4.60. The first-order chi connectivity index (χ1) is 15.3. The molecule has 170 valence electrons. The molecule has 9 heteroatoms. The molecule has 0 bridgehead atoms. The maximum atomic E-state index is 12.0. The molecule has 32 heavy (non-hydrogen) atoms. The van der Waals surface area contributed by atoms with Crippen molar-refractivity contribution in [1.82, 2.24) is 4.57 Å². The second-order valence-corrected chi connectivity index (χ2v) is 7.95. The summed E-state index contributed by atoms with van der Waals surface area (Å²) in [6.07, 6.45) is -3.02. The van der Waals surface area contributed by atoms with Crippen LogP contribution in [0.4, 0.5) is 0 Å². The van der Waals surface area contributed by atoms with Crippen molar-refractivity contribution < 1.29 is 33.3 Å². The zero-order chi connectivity index (χ0) is 23.0. The van der Waals surface area contributed by atoms with Gasteiger partial charge in [-0.25, -0.2) is 0 Å². The molecule has 0 N–H and O–H groups in total. The van der Waals surface area contributed by atoms with Crippen molar-refractivity contribution in [2.75, 3.05) is 13.2 Å². The van der Waals surface area contributed by atoms with E-state index in [4.69, 9.17) is 18.9 Å². The predicted molar refractivity (Wildman–Crippen MR) is 114 cm³/mol. The highest BCUT2D eigenvalue weighted by Crippen LogP contribution is 2.38. The Kier molecular flexibility index (Phi) is 6.01. The number of hydrogen-bond acceptors (Lipinski definition) is 8. The van der Waals surface area contributed by atoms with Gasteiger partial charge in [-0.3, -0.25) is 19.4 Å². The fourth-order valence-corrected chi connectivity index (χ4v) is 4.60. The summed E-state index contributed by atoms with van der Waals surface area (Å²) in [5.41, 5.74) is 3.78. The molecule has 1 aromatic heterocycles. The molecule has 1 fully saturated rings. The first kappa shape index (κ1) is 22.0. The Morgan fingerprint density at radius 2 is 1.66 bits per heavy atom. The van der Waals surface area contributed by atoms with E-state index < -0.39 is 42.4 Å². The smallest absolute Gasteiger partial charge is 0.303 e. The van der Waals surface area contributed by atoms with Crippen LogP contribution in [-0.2, 0) is 39.8 Å². The van der Waals surface area contributed by atoms with Gasteiger partial charge in [0.05, 0.1) is 23.5 Å². The van der Waals surface area contributed by atoms with Gasteiger partial charge in [-0.05, 0) is 25.0 Å². The van der Waals surface area contributed by atoms with Gasteiger partial charge in [-0.15, -0.1) is 0 Å². The number of carbonyl (C=O) groups excluding carboxylic acids is 3. The number of para-hydroxylation sites is 1.